The van der Waals surface area contributed by atoms with Crippen LogP contribution in [0.25, 0.3) is 6.08 Å². The van der Waals surface area contributed by atoms with E-state index >= 15 is 9.59 Å². The Morgan fingerprint density at radius 3 is 2.39 bits per heavy atom. The van der Waals surface area contributed by atoms with E-state index < -0.39 is 46.3 Å². The van der Waals surface area contributed by atoms with Crippen LogP contribution in [-0.2, 0) is 25.5 Å². The van der Waals surface area contributed by atoms with Gasteiger partial charge >= 0.3 is 5.97 Å². The van der Waals surface area contributed by atoms with Gasteiger partial charge in [0.15, 0.2) is 22.8 Å². The van der Waals surface area contributed by atoms with Crippen LogP contribution >= 0.6 is 0 Å². The quantitative estimate of drug-likeness (QED) is 0.225. The maximum absolute atomic E-state index is 15.5. The monoisotopic (exact) mass is 701 g/mol. The van der Waals surface area contributed by atoms with Crippen LogP contribution in [0.3, 0.4) is 0 Å². The van der Waals surface area contributed by atoms with Crippen LogP contribution in [0.5, 0.6) is 17.2 Å². The van der Waals surface area contributed by atoms with Crippen molar-refractivity contribution in [3.8, 4) is 17.2 Å². The molecule has 0 aromatic heterocycles. The Hall–Kier alpha value is -3.73. The topological polar surface area (TPSA) is 132 Å². The standard InChI is InChI=1S/C41H51NO9/c1-23(2)10-8-15-39(7)17-14-25-33(45)30-34(46)31-32(42-18-20-48-21-19-42)27-22-28-38(5,6)51-40(37(27)47,16-9-11-29(43)44)41(28,31)50-36(30)26(35(25)49-39)13-12-24(3)4/h9-12,14,17,27-28,31-32,45H,8,13,15-16,18-22H2,1-7H3,(H,43,44)/b11-9+/t27-,28?,31?,32?,39+,40-,41-/m0/s1. The first-order chi connectivity index (χ1) is 24.1. The normalized spacial score (nSPS) is 34.3. The van der Waals surface area contributed by atoms with E-state index in [-0.39, 0.29) is 41.0 Å². The van der Waals surface area contributed by atoms with E-state index in [1.165, 1.54) is 11.6 Å². The predicted molar refractivity (Wildman–Crippen MR) is 191 cm³/mol. The van der Waals surface area contributed by atoms with Crippen molar-refractivity contribution in [2.75, 3.05) is 26.3 Å². The number of phenolic OH excluding ortho intramolecular Hbond substituents is 1. The molecule has 7 aliphatic rings. The Kier molecular flexibility index (Phi) is 8.71. The number of fused-ring (bicyclic) bond motifs is 2. The summed E-state index contributed by atoms with van der Waals surface area (Å²) in [5.41, 5.74) is -1.22. The maximum atomic E-state index is 15.5. The van der Waals surface area contributed by atoms with Crippen LogP contribution < -0.4 is 9.47 Å². The minimum Gasteiger partial charge on any atom is -0.506 e. The molecule has 7 atom stereocenters. The molecule has 0 radical (unpaired) electrons. The van der Waals surface area contributed by atoms with Crippen LogP contribution in [0, 0.1) is 17.8 Å². The van der Waals surface area contributed by atoms with Crippen molar-refractivity contribution in [2.24, 2.45) is 17.8 Å². The third kappa shape index (κ3) is 5.34. The summed E-state index contributed by atoms with van der Waals surface area (Å²) in [5, 5.41) is 21.7. The zero-order chi connectivity index (χ0) is 36.7. The second kappa shape index (κ2) is 12.5. The summed E-state index contributed by atoms with van der Waals surface area (Å²) >= 11 is 0. The predicted octanol–water partition coefficient (Wildman–Crippen LogP) is 6.24. The molecule has 10 nitrogen and oxygen atoms in total. The molecule has 1 aromatic rings. The number of carbonyl (C=O) groups excluding carboxylic acids is 2. The lowest BCUT2D eigenvalue weighted by Gasteiger charge is -2.64. The Morgan fingerprint density at radius 1 is 1.02 bits per heavy atom. The highest BCUT2D eigenvalue weighted by Crippen LogP contribution is 2.71. The van der Waals surface area contributed by atoms with E-state index in [0.717, 1.165) is 18.1 Å². The molecule has 3 saturated carbocycles. The van der Waals surface area contributed by atoms with E-state index in [2.05, 4.69) is 24.8 Å². The average molecular weight is 702 g/mol. The zero-order valence-corrected chi connectivity index (χ0v) is 30.8. The largest absolute Gasteiger partial charge is 0.506 e. The van der Waals surface area contributed by atoms with Crippen LogP contribution in [0.15, 0.2) is 41.5 Å². The zero-order valence-electron chi connectivity index (χ0n) is 30.8. The Bertz CT molecular complexity index is 1790. The SMILES string of the molecule is CC(C)=CCC[C@]1(C)C=Cc2c(O)c3c(c(CC=C(C)C)c2O1)O[C@]12C(C3=O)C(N3CCOCC3)[C@@H]3CC1C(C)(C)O[C@@]2(C/C=C/C(=O)O)C3=O. The average Bonchev–Trinajstić information content (AvgIpc) is 3.20. The summed E-state index contributed by atoms with van der Waals surface area (Å²) in [7, 11) is 0. The fraction of sp³-hybridized carbons (Fsp3) is 0.585. The number of aliphatic carboxylic acids is 1. The number of carboxylic acid groups (broad SMARTS) is 1. The third-order valence-corrected chi connectivity index (χ3v) is 12.2. The number of ether oxygens (including phenoxy) is 4. The number of hydrogen-bond acceptors (Lipinski definition) is 9. The molecule has 2 saturated heterocycles. The van der Waals surface area contributed by atoms with Gasteiger partial charge in [0.2, 0.25) is 0 Å². The lowest BCUT2D eigenvalue weighted by atomic mass is 9.44. The number of rotatable bonds is 9. The van der Waals surface area contributed by atoms with E-state index in [4.69, 9.17) is 18.9 Å². The molecule has 5 fully saturated rings. The molecule has 4 aliphatic heterocycles. The molecule has 1 spiro atoms. The highest BCUT2D eigenvalue weighted by molar-refractivity contribution is 6.10. The summed E-state index contributed by atoms with van der Waals surface area (Å²) < 4.78 is 26.8. The molecule has 1 aromatic carbocycles. The second-order valence-electron chi connectivity index (χ2n) is 16.4. The molecule has 3 unspecified atom stereocenters. The van der Waals surface area contributed by atoms with Crippen molar-refractivity contribution in [2.45, 2.75) is 109 Å². The van der Waals surface area contributed by atoms with Gasteiger partial charge in [-0.2, -0.15) is 0 Å². The molecular formula is C41H51NO9. The number of aromatic hydroxyl groups is 1. The van der Waals surface area contributed by atoms with Crippen molar-refractivity contribution in [3.05, 3.63) is 58.2 Å². The van der Waals surface area contributed by atoms with Gasteiger partial charge in [-0.3, -0.25) is 14.5 Å². The van der Waals surface area contributed by atoms with Crippen LogP contribution in [0.2, 0.25) is 0 Å². The first kappa shape index (κ1) is 35.7. The highest BCUT2D eigenvalue weighted by Gasteiger charge is 2.85. The molecule has 2 N–H and O–H groups in total. The van der Waals surface area contributed by atoms with Gasteiger partial charge in [0.05, 0.1) is 30.3 Å². The Balaban J connectivity index is 1.48. The van der Waals surface area contributed by atoms with Crippen LogP contribution in [-0.4, -0.2) is 87.4 Å². The van der Waals surface area contributed by atoms with Gasteiger partial charge in [0.25, 0.3) is 0 Å². The summed E-state index contributed by atoms with van der Waals surface area (Å²) in [6.45, 7) is 16.1. The number of nitrogens with zero attached hydrogens (tertiary/aromatic N) is 1. The van der Waals surface area contributed by atoms with Gasteiger partial charge in [-0.15, -0.1) is 0 Å². The number of ketones is 2. The lowest BCUT2D eigenvalue weighted by molar-refractivity contribution is -0.215. The Labute approximate surface area is 300 Å². The number of carbonyl (C=O) groups is 3. The number of allylic oxidation sites excluding steroid dienone is 4. The van der Waals surface area contributed by atoms with Crippen molar-refractivity contribution in [1.82, 2.24) is 4.90 Å². The highest BCUT2D eigenvalue weighted by atomic mass is 16.6. The number of hydrogen-bond donors (Lipinski definition) is 2. The first-order valence-corrected chi connectivity index (χ1v) is 18.3. The lowest BCUT2D eigenvalue weighted by Crippen LogP contribution is -2.82. The first-order valence-electron chi connectivity index (χ1n) is 18.3. The molecule has 3 aliphatic carbocycles. The molecule has 8 rings (SSSR count). The summed E-state index contributed by atoms with van der Waals surface area (Å²) in [5.74, 6) is -2.90. The fourth-order valence-electron chi connectivity index (χ4n) is 10.0. The van der Waals surface area contributed by atoms with Crippen LogP contribution in [0.1, 0.15) is 95.6 Å². The second-order valence-corrected chi connectivity index (χ2v) is 16.4. The molecule has 4 bridgehead atoms. The summed E-state index contributed by atoms with van der Waals surface area (Å²) in [6.07, 6.45) is 12.8. The van der Waals surface area contributed by atoms with Gasteiger partial charge in [0.1, 0.15) is 28.4 Å². The van der Waals surface area contributed by atoms with Crippen molar-refractivity contribution >= 4 is 23.6 Å². The van der Waals surface area contributed by atoms with E-state index in [9.17, 15) is 15.0 Å². The van der Waals surface area contributed by atoms with Gasteiger partial charge in [-0.05, 0) is 86.3 Å². The smallest absolute Gasteiger partial charge is 0.327 e. The van der Waals surface area contributed by atoms with E-state index in [1.54, 1.807) is 0 Å². The summed E-state index contributed by atoms with van der Waals surface area (Å²) in [6, 6.07) is -0.505. The number of benzene rings is 1. The molecule has 51 heavy (non-hydrogen) atoms. The minimum atomic E-state index is -1.63. The molecular weight excluding hydrogens is 650 g/mol. The van der Waals surface area contributed by atoms with Gasteiger partial charge < -0.3 is 29.2 Å². The van der Waals surface area contributed by atoms with Gasteiger partial charge in [-0.1, -0.05) is 29.4 Å². The fourth-order valence-corrected chi connectivity index (χ4v) is 10.0. The third-order valence-electron chi connectivity index (χ3n) is 12.2. The van der Waals surface area contributed by atoms with E-state index in [0.29, 0.717) is 62.4 Å². The number of phenols is 1. The molecule has 0 amide bonds. The van der Waals surface area contributed by atoms with E-state index in [1.807, 2.05) is 52.8 Å². The number of carboxylic acids is 1. The maximum Gasteiger partial charge on any atom is 0.327 e. The van der Waals surface area contributed by atoms with Crippen LogP contribution in [0.4, 0.5) is 0 Å². The minimum absolute atomic E-state index is 0.0641. The Morgan fingerprint density at radius 2 is 1.73 bits per heavy atom. The summed E-state index contributed by atoms with van der Waals surface area (Å²) in [4.78, 5) is 44.4. The van der Waals surface area contributed by atoms with Crippen molar-refractivity contribution in [3.63, 3.8) is 0 Å². The molecule has 274 valence electrons. The van der Waals surface area contributed by atoms with Gasteiger partial charge in [0, 0.05) is 49.0 Å². The molecule has 10 heteroatoms. The molecule has 4 heterocycles. The number of Topliss-reactive ketones (excluding diaryl/α,β-unsaturated/α-hetero) is 2. The van der Waals surface area contributed by atoms with Gasteiger partial charge in [-0.25, -0.2) is 4.79 Å². The number of morpholine rings is 1. The van der Waals surface area contributed by atoms with Crippen molar-refractivity contribution < 1.29 is 43.5 Å². The van der Waals surface area contributed by atoms with Crippen molar-refractivity contribution in [1.29, 1.82) is 0 Å².